The first-order valence-electron chi connectivity index (χ1n) is 11.1. The number of nitrogens with one attached hydrogen (secondary N) is 1. The van der Waals surface area contributed by atoms with Gasteiger partial charge in [0.05, 0.1) is 18.9 Å². The van der Waals surface area contributed by atoms with Crippen LogP contribution < -0.4 is 5.32 Å². The van der Waals surface area contributed by atoms with Gasteiger partial charge in [-0.25, -0.2) is 0 Å². The lowest BCUT2D eigenvalue weighted by Gasteiger charge is -2.29. The van der Waals surface area contributed by atoms with Crippen LogP contribution in [0.5, 0.6) is 0 Å². The van der Waals surface area contributed by atoms with Crippen LogP contribution in [-0.4, -0.2) is 77.0 Å². The average Bonchev–Trinajstić information content (AvgIpc) is 3.28. The maximum atomic E-state index is 13.2. The van der Waals surface area contributed by atoms with E-state index in [2.05, 4.69) is 37.9 Å². The van der Waals surface area contributed by atoms with Gasteiger partial charge in [0.1, 0.15) is 6.61 Å². The van der Waals surface area contributed by atoms with Crippen LogP contribution in [0.2, 0.25) is 0 Å². The van der Waals surface area contributed by atoms with E-state index in [0.717, 1.165) is 44.0 Å². The largest absolute Gasteiger partial charge is 0.379 e. The molecule has 4 rings (SSSR count). The third kappa shape index (κ3) is 5.81. The van der Waals surface area contributed by atoms with Gasteiger partial charge in [-0.05, 0) is 53.6 Å². The fourth-order valence-corrected chi connectivity index (χ4v) is 3.93. The van der Waals surface area contributed by atoms with Gasteiger partial charge in [0.15, 0.2) is 5.82 Å². The van der Waals surface area contributed by atoms with Gasteiger partial charge in [0.25, 0.3) is 5.91 Å². The molecule has 1 aliphatic rings. The van der Waals surface area contributed by atoms with Crippen molar-refractivity contribution < 1.29 is 14.3 Å². The molecule has 0 aliphatic carbocycles. The number of tetrazole rings is 1. The quantitative estimate of drug-likeness (QED) is 0.562. The van der Waals surface area contributed by atoms with Crippen LogP contribution >= 0.6 is 0 Å². The van der Waals surface area contributed by atoms with Crippen molar-refractivity contribution in [3.8, 4) is 16.8 Å². The van der Waals surface area contributed by atoms with E-state index >= 15 is 0 Å². The summed E-state index contributed by atoms with van der Waals surface area (Å²) in [7, 11) is 1.59. The molecule has 1 N–H and O–H groups in total. The molecule has 0 bridgehead atoms. The van der Waals surface area contributed by atoms with E-state index in [1.165, 1.54) is 5.56 Å². The molecule has 0 spiro atoms. The van der Waals surface area contributed by atoms with E-state index in [1.54, 1.807) is 11.8 Å². The van der Waals surface area contributed by atoms with Gasteiger partial charge in [0.2, 0.25) is 0 Å². The van der Waals surface area contributed by atoms with Crippen molar-refractivity contribution in [3.05, 3.63) is 59.4 Å². The van der Waals surface area contributed by atoms with E-state index in [-0.39, 0.29) is 18.6 Å². The molecule has 9 heteroatoms. The Morgan fingerprint density at radius 2 is 1.91 bits per heavy atom. The molecule has 174 valence electrons. The summed E-state index contributed by atoms with van der Waals surface area (Å²) in [4.78, 5) is 15.5. The monoisotopic (exact) mass is 450 g/mol. The molecule has 2 aromatic carbocycles. The first-order chi connectivity index (χ1) is 16.0. The van der Waals surface area contributed by atoms with Crippen molar-refractivity contribution in [1.82, 2.24) is 30.4 Å². The fourth-order valence-electron chi connectivity index (χ4n) is 3.93. The number of methoxy groups -OCH3 is 1. The second kappa shape index (κ2) is 10.7. The van der Waals surface area contributed by atoms with Crippen LogP contribution in [0.1, 0.15) is 28.7 Å². The second-order valence-corrected chi connectivity index (χ2v) is 8.36. The first kappa shape index (κ1) is 23.0. The highest BCUT2D eigenvalue weighted by atomic mass is 16.5. The van der Waals surface area contributed by atoms with Crippen LogP contribution in [0.15, 0.2) is 42.5 Å². The van der Waals surface area contributed by atoms with Crippen molar-refractivity contribution in [2.75, 3.05) is 40.0 Å². The molecule has 1 atom stereocenters. The minimum absolute atomic E-state index is 0.000768. The standard InChI is InChI=1S/C24H30N6O3/c1-17-4-6-19(7-5-17)20-12-21(14-22(13-20)30-23(16-32-3)26-27-28-30)24(31)25-18(2)15-29-8-10-33-11-9-29/h4-7,12-14,18H,8-11,15-16H2,1-3H3,(H,25,31)/t18-/m1/s1. The zero-order valence-electron chi connectivity index (χ0n) is 19.3. The molecule has 0 saturated carbocycles. The number of carbonyl (C=O) groups excluding carboxylic acids is 1. The summed E-state index contributed by atoms with van der Waals surface area (Å²) in [6.45, 7) is 8.36. The number of hydrogen-bond acceptors (Lipinski definition) is 7. The lowest BCUT2D eigenvalue weighted by atomic mass is 10.0. The number of ether oxygens (including phenoxy) is 2. The summed E-state index contributed by atoms with van der Waals surface area (Å²) in [5, 5.41) is 15.1. The highest BCUT2D eigenvalue weighted by Gasteiger charge is 2.18. The van der Waals surface area contributed by atoms with Crippen molar-refractivity contribution in [2.45, 2.75) is 26.5 Å². The van der Waals surface area contributed by atoms with Crippen LogP contribution in [0, 0.1) is 6.92 Å². The third-order valence-corrected chi connectivity index (χ3v) is 5.63. The Morgan fingerprint density at radius 3 is 2.64 bits per heavy atom. The molecule has 3 aromatic rings. The summed E-state index contributed by atoms with van der Waals surface area (Å²) in [5.41, 5.74) is 4.36. The molecule has 1 saturated heterocycles. The molecule has 0 radical (unpaired) electrons. The van der Waals surface area contributed by atoms with Crippen molar-refractivity contribution in [3.63, 3.8) is 0 Å². The zero-order chi connectivity index (χ0) is 23.2. The molecular weight excluding hydrogens is 420 g/mol. The van der Waals surface area contributed by atoms with Gasteiger partial charge in [-0.15, -0.1) is 5.10 Å². The van der Waals surface area contributed by atoms with Crippen molar-refractivity contribution >= 4 is 5.91 Å². The zero-order valence-corrected chi connectivity index (χ0v) is 19.3. The lowest BCUT2D eigenvalue weighted by Crippen LogP contribution is -2.46. The molecule has 1 amide bonds. The Kier molecular flexibility index (Phi) is 7.43. The SMILES string of the molecule is COCc1nnnn1-c1cc(C(=O)N[C@H](C)CN2CCOCC2)cc(-c2ccc(C)cc2)c1. The highest BCUT2D eigenvalue weighted by molar-refractivity contribution is 5.96. The van der Waals surface area contributed by atoms with E-state index in [4.69, 9.17) is 9.47 Å². The Hall–Kier alpha value is -3.14. The maximum absolute atomic E-state index is 13.2. The topological polar surface area (TPSA) is 94.4 Å². The minimum Gasteiger partial charge on any atom is -0.379 e. The van der Waals surface area contributed by atoms with Crippen molar-refractivity contribution in [1.29, 1.82) is 0 Å². The lowest BCUT2D eigenvalue weighted by molar-refractivity contribution is 0.0342. The smallest absolute Gasteiger partial charge is 0.251 e. The number of amides is 1. The molecule has 9 nitrogen and oxygen atoms in total. The number of aryl methyl sites for hydroxylation is 1. The fraction of sp³-hybridized carbons (Fsp3) is 0.417. The van der Waals surface area contributed by atoms with Gasteiger partial charge in [-0.2, -0.15) is 4.68 Å². The third-order valence-electron chi connectivity index (χ3n) is 5.63. The Balaban J connectivity index is 1.63. The Labute approximate surface area is 193 Å². The van der Waals surface area contributed by atoms with Gasteiger partial charge < -0.3 is 14.8 Å². The number of hydrogen-bond donors (Lipinski definition) is 1. The highest BCUT2D eigenvalue weighted by Crippen LogP contribution is 2.25. The van der Waals surface area contributed by atoms with Gasteiger partial charge in [-0.1, -0.05) is 29.8 Å². The second-order valence-electron chi connectivity index (χ2n) is 8.36. The molecule has 33 heavy (non-hydrogen) atoms. The maximum Gasteiger partial charge on any atom is 0.251 e. The average molecular weight is 451 g/mol. The van der Waals surface area contributed by atoms with Crippen LogP contribution in [0.25, 0.3) is 16.8 Å². The minimum atomic E-state index is -0.132. The van der Waals surface area contributed by atoms with Gasteiger partial charge in [-0.3, -0.25) is 9.69 Å². The van der Waals surface area contributed by atoms with Crippen molar-refractivity contribution in [2.24, 2.45) is 0 Å². The van der Waals surface area contributed by atoms with E-state index in [1.807, 2.05) is 44.2 Å². The summed E-state index contributed by atoms with van der Waals surface area (Å²) >= 11 is 0. The summed E-state index contributed by atoms with van der Waals surface area (Å²) < 4.78 is 12.2. The number of aromatic nitrogens is 4. The Morgan fingerprint density at radius 1 is 1.15 bits per heavy atom. The normalized spacial score (nSPS) is 15.4. The van der Waals surface area contributed by atoms with Crippen LogP contribution in [-0.2, 0) is 16.1 Å². The summed E-state index contributed by atoms with van der Waals surface area (Å²) in [6.07, 6.45) is 0. The van der Waals surface area contributed by atoms with Gasteiger partial charge >= 0.3 is 0 Å². The molecule has 1 aliphatic heterocycles. The predicted octanol–water partition coefficient (Wildman–Crippen LogP) is 2.23. The first-order valence-corrected chi connectivity index (χ1v) is 11.1. The summed E-state index contributed by atoms with van der Waals surface area (Å²) in [6, 6.07) is 13.9. The van der Waals surface area contributed by atoms with Gasteiger partial charge in [0, 0.05) is 38.3 Å². The van der Waals surface area contributed by atoms with Crippen LogP contribution in [0.3, 0.4) is 0 Å². The van der Waals surface area contributed by atoms with E-state index in [9.17, 15) is 4.79 Å². The molecule has 1 aromatic heterocycles. The molecule has 0 unspecified atom stereocenters. The number of rotatable bonds is 8. The summed E-state index contributed by atoms with van der Waals surface area (Å²) in [5.74, 6) is 0.429. The number of morpholine rings is 1. The number of benzene rings is 2. The van der Waals surface area contributed by atoms with Crippen LogP contribution in [0.4, 0.5) is 0 Å². The van der Waals surface area contributed by atoms with E-state index < -0.39 is 0 Å². The number of nitrogens with zero attached hydrogens (tertiary/aromatic N) is 5. The van der Waals surface area contributed by atoms with E-state index in [0.29, 0.717) is 17.1 Å². The predicted molar refractivity (Wildman–Crippen MR) is 124 cm³/mol. The molecular formula is C24H30N6O3. The number of carbonyl (C=O) groups is 1. The Bertz CT molecular complexity index is 1080. The molecule has 2 heterocycles. The molecule has 1 fully saturated rings.